The standard InChI is InChI=1S/C9H14O3/c1-4-12-6-5-9(7(2)10)8(3)11/h5-6,10H,4H2,1-3H3/b6-5+,9-7-. The Morgan fingerprint density at radius 1 is 1.50 bits per heavy atom. The molecule has 12 heavy (non-hydrogen) atoms. The molecule has 0 atom stereocenters. The van der Waals surface area contributed by atoms with Gasteiger partial charge < -0.3 is 9.84 Å². The summed E-state index contributed by atoms with van der Waals surface area (Å²) in [5.41, 5.74) is 0.281. The van der Waals surface area contributed by atoms with Crippen molar-refractivity contribution in [1.29, 1.82) is 0 Å². The Hall–Kier alpha value is -1.25. The predicted octanol–water partition coefficient (Wildman–Crippen LogP) is 1.96. The fourth-order valence-electron chi connectivity index (χ4n) is 0.705. The number of aliphatic hydroxyl groups is 1. The van der Waals surface area contributed by atoms with Gasteiger partial charge in [-0.2, -0.15) is 0 Å². The van der Waals surface area contributed by atoms with Crippen LogP contribution in [0.15, 0.2) is 23.7 Å². The maximum atomic E-state index is 10.9. The highest BCUT2D eigenvalue weighted by Crippen LogP contribution is 2.04. The third kappa shape index (κ3) is 3.81. The Balaban J connectivity index is 4.37. The van der Waals surface area contributed by atoms with Crippen LogP contribution in [0.4, 0.5) is 0 Å². The van der Waals surface area contributed by atoms with E-state index in [1.807, 2.05) is 6.92 Å². The normalized spacial score (nSPS) is 12.9. The average Bonchev–Trinajstić information content (AvgIpc) is 1.96. The van der Waals surface area contributed by atoms with Crippen molar-refractivity contribution < 1.29 is 14.6 Å². The molecule has 0 bridgehead atoms. The Labute approximate surface area is 72.3 Å². The highest BCUT2D eigenvalue weighted by atomic mass is 16.5. The molecular formula is C9H14O3. The molecule has 0 rings (SSSR count). The first-order chi connectivity index (χ1) is 5.59. The van der Waals surface area contributed by atoms with Crippen LogP contribution in [0.3, 0.4) is 0 Å². The van der Waals surface area contributed by atoms with E-state index in [9.17, 15) is 4.79 Å². The van der Waals surface area contributed by atoms with Crippen LogP contribution in [0.5, 0.6) is 0 Å². The highest BCUT2D eigenvalue weighted by Gasteiger charge is 2.02. The van der Waals surface area contributed by atoms with Crippen molar-refractivity contribution in [2.75, 3.05) is 6.61 Å². The van der Waals surface area contributed by atoms with Crippen molar-refractivity contribution in [3.63, 3.8) is 0 Å². The largest absolute Gasteiger partial charge is 0.512 e. The van der Waals surface area contributed by atoms with E-state index in [0.29, 0.717) is 6.61 Å². The lowest BCUT2D eigenvalue weighted by Crippen LogP contribution is -1.97. The number of ether oxygens (including phenoxy) is 1. The molecular weight excluding hydrogens is 156 g/mol. The van der Waals surface area contributed by atoms with Gasteiger partial charge in [-0.15, -0.1) is 0 Å². The van der Waals surface area contributed by atoms with Gasteiger partial charge in [0.1, 0.15) is 5.76 Å². The molecule has 0 aliphatic rings. The second kappa shape index (κ2) is 5.41. The number of Topliss-reactive ketones (excluding diaryl/α,β-unsaturated/α-hetero) is 1. The fraction of sp³-hybridized carbons (Fsp3) is 0.444. The smallest absolute Gasteiger partial charge is 0.163 e. The molecule has 0 saturated carbocycles. The van der Waals surface area contributed by atoms with E-state index in [1.165, 1.54) is 26.2 Å². The van der Waals surface area contributed by atoms with E-state index in [1.54, 1.807) is 0 Å². The summed E-state index contributed by atoms with van der Waals surface area (Å²) in [6.45, 7) is 5.25. The summed E-state index contributed by atoms with van der Waals surface area (Å²) in [4.78, 5) is 10.9. The Morgan fingerprint density at radius 3 is 2.42 bits per heavy atom. The summed E-state index contributed by atoms with van der Waals surface area (Å²) in [6.07, 6.45) is 2.86. The number of ketones is 1. The van der Waals surface area contributed by atoms with Crippen molar-refractivity contribution in [3.8, 4) is 0 Å². The van der Waals surface area contributed by atoms with E-state index in [2.05, 4.69) is 0 Å². The lowest BCUT2D eigenvalue weighted by atomic mass is 10.1. The number of aliphatic hydroxyl groups excluding tert-OH is 1. The summed E-state index contributed by atoms with van der Waals surface area (Å²) in [5, 5.41) is 9.03. The molecule has 0 amide bonds. The molecule has 3 nitrogen and oxygen atoms in total. The zero-order chi connectivity index (χ0) is 9.56. The summed E-state index contributed by atoms with van der Waals surface area (Å²) in [7, 11) is 0. The first-order valence-corrected chi connectivity index (χ1v) is 3.78. The van der Waals surface area contributed by atoms with Crippen molar-refractivity contribution in [1.82, 2.24) is 0 Å². The van der Waals surface area contributed by atoms with E-state index in [0.717, 1.165) is 0 Å². The van der Waals surface area contributed by atoms with Gasteiger partial charge in [-0.3, -0.25) is 4.79 Å². The average molecular weight is 170 g/mol. The second-order valence-electron chi connectivity index (χ2n) is 2.31. The molecule has 0 aromatic carbocycles. The molecule has 1 N–H and O–H groups in total. The molecule has 0 spiro atoms. The van der Waals surface area contributed by atoms with Gasteiger partial charge in [-0.05, 0) is 26.8 Å². The molecule has 68 valence electrons. The minimum absolute atomic E-state index is 0.0125. The van der Waals surface area contributed by atoms with Crippen LogP contribution in [0.25, 0.3) is 0 Å². The minimum Gasteiger partial charge on any atom is -0.512 e. The molecule has 0 radical (unpaired) electrons. The highest BCUT2D eigenvalue weighted by molar-refractivity contribution is 5.96. The molecule has 0 fully saturated rings. The Morgan fingerprint density at radius 2 is 2.08 bits per heavy atom. The van der Waals surface area contributed by atoms with Crippen molar-refractivity contribution in [3.05, 3.63) is 23.7 Å². The summed E-state index contributed by atoms with van der Waals surface area (Å²) in [6, 6.07) is 0. The second-order valence-corrected chi connectivity index (χ2v) is 2.31. The summed E-state index contributed by atoms with van der Waals surface area (Å²) >= 11 is 0. The van der Waals surface area contributed by atoms with Gasteiger partial charge in [0.05, 0.1) is 18.4 Å². The fourth-order valence-corrected chi connectivity index (χ4v) is 0.705. The topological polar surface area (TPSA) is 46.5 Å². The monoisotopic (exact) mass is 170 g/mol. The number of allylic oxidation sites excluding steroid dienone is 3. The first kappa shape index (κ1) is 10.8. The van der Waals surface area contributed by atoms with Crippen molar-refractivity contribution >= 4 is 5.78 Å². The first-order valence-electron chi connectivity index (χ1n) is 3.78. The number of carbonyl (C=O) groups is 1. The molecule has 0 unspecified atom stereocenters. The number of carbonyl (C=O) groups excluding carboxylic acids is 1. The molecule has 3 heteroatoms. The van der Waals surface area contributed by atoms with Crippen molar-refractivity contribution in [2.45, 2.75) is 20.8 Å². The maximum Gasteiger partial charge on any atom is 0.163 e. The van der Waals surface area contributed by atoms with E-state index >= 15 is 0 Å². The maximum absolute atomic E-state index is 10.9. The van der Waals surface area contributed by atoms with E-state index in [-0.39, 0.29) is 17.1 Å². The van der Waals surface area contributed by atoms with Gasteiger partial charge in [-0.25, -0.2) is 0 Å². The molecule has 0 aliphatic carbocycles. The number of hydrogen-bond acceptors (Lipinski definition) is 3. The van der Waals surface area contributed by atoms with Crippen LogP contribution in [-0.2, 0) is 9.53 Å². The van der Waals surface area contributed by atoms with E-state index in [4.69, 9.17) is 9.84 Å². The predicted molar refractivity (Wildman–Crippen MR) is 46.8 cm³/mol. The molecule has 0 saturated heterocycles. The minimum atomic E-state index is -0.175. The van der Waals surface area contributed by atoms with Crippen LogP contribution in [0.1, 0.15) is 20.8 Å². The molecule has 0 aliphatic heterocycles. The Kier molecular flexibility index (Phi) is 4.84. The SMILES string of the molecule is CCO/C=C/C(C(C)=O)=C(\C)O. The van der Waals surface area contributed by atoms with Crippen LogP contribution < -0.4 is 0 Å². The van der Waals surface area contributed by atoms with Gasteiger partial charge >= 0.3 is 0 Å². The van der Waals surface area contributed by atoms with Gasteiger partial charge in [0.2, 0.25) is 0 Å². The van der Waals surface area contributed by atoms with Crippen LogP contribution in [0, 0.1) is 0 Å². The van der Waals surface area contributed by atoms with Gasteiger partial charge in [0.15, 0.2) is 5.78 Å². The molecule has 0 aromatic rings. The number of hydrogen-bond donors (Lipinski definition) is 1. The van der Waals surface area contributed by atoms with Crippen LogP contribution in [-0.4, -0.2) is 17.5 Å². The summed E-state index contributed by atoms with van der Waals surface area (Å²) in [5.74, 6) is -0.163. The van der Waals surface area contributed by atoms with Crippen LogP contribution >= 0.6 is 0 Å². The zero-order valence-corrected chi connectivity index (χ0v) is 7.63. The van der Waals surface area contributed by atoms with Gasteiger partial charge in [-0.1, -0.05) is 0 Å². The third-order valence-corrected chi connectivity index (χ3v) is 1.27. The summed E-state index contributed by atoms with van der Waals surface area (Å²) < 4.78 is 4.89. The van der Waals surface area contributed by atoms with Crippen LogP contribution in [0.2, 0.25) is 0 Å². The van der Waals surface area contributed by atoms with E-state index < -0.39 is 0 Å². The van der Waals surface area contributed by atoms with Gasteiger partial charge in [0.25, 0.3) is 0 Å². The lowest BCUT2D eigenvalue weighted by molar-refractivity contribution is -0.113. The Bertz CT molecular complexity index is 210. The number of rotatable bonds is 4. The van der Waals surface area contributed by atoms with Gasteiger partial charge in [0, 0.05) is 0 Å². The quantitative estimate of drug-likeness (QED) is 0.398. The zero-order valence-electron chi connectivity index (χ0n) is 7.63. The third-order valence-electron chi connectivity index (χ3n) is 1.27. The molecule has 0 aromatic heterocycles. The molecule has 0 heterocycles. The lowest BCUT2D eigenvalue weighted by Gasteiger charge is -1.98. The van der Waals surface area contributed by atoms with Crippen molar-refractivity contribution in [2.24, 2.45) is 0 Å².